The van der Waals surface area contributed by atoms with Gasteiger partial charge in [0, 0.05) is 12.1 Å². The number of hydrogen-bond donors (Lipinski definition) is 1. The van der Waals surface area contributed by atoms with Crippen molar-refractivity contribution in [3.8, 4) is 6.07 Å². The Hall–Kier alpha value is -1.52. The van der Waals surface area contributed by atoms with Crippen LogP contribution >= 0.6 is 0 Å². The molecule has 1 heterocycles. The SMILES string of the molecule is N#Cc1cc(F)c(CNCC2CCS(=O)(=O)C2)c(F)c1. The number of benzene rings is 1. The summed E-state index contributed by atoms with van der Waals surface area (Å²) in [5.74, 6) is -1.25. The molecule has 0 saturated carbocycles. The van der Waals surface area contributed by atoms with Gasteiger partial charge in [-0.1, -0.05) is 0 Å². The molecule has 1 N–H and O–H groups in total. The molecular formula is C13H14F2N2O2S. The normalized spacial score (nSPS) is 20.8. The highest BCUT2D eigenvalue weighted by Gasteiger charge is 2.27. The number of hydrogen-bond acceptors (Lipinski definition) is 4. The van der Waals surface area contributed by atoms with Gasteiger partial charge in [0.05, 0.1) is 23.1 Å². The summed E-state index contributed by atoms with van der Waals surface area (Å²) < 4.78 is 49.7. The molecule has 1 atom stereocenters. The Morgan fingerprint density at radius 1 is 1.35 bits per heavy atom. The predicted molar refractivity (Wildman–Crippen MR) is 69.5 cm³/mol. The maximum absolute atomic E-state index is 13.6. The van der Waals surface area contributed by atoms with E-state index in [1.807, 2.05) is 0 Å². The molecule has 20 heavy (non-hydrogen) atoms. The second kappa shape index (κ2) is 5.85. The summed E-state index contributed by atoms with van der Waals surface area (Å²) in [6.45, 7) is 0.373. The molecule has 0 aliphatic carbocycles. The lowest BCUT2D eigenvalue weighted by atomic mass is 10.1. The van der Waals surface area contributed by atoms with Gasteiger partial charge in [-0.25, -0.2) is 17.2 Å². The van der Waals surface area contributed by atoms with Crippen LogP contribution in [0, 0.1) is 28.9 Å². The average Bonchev–Trinajstić information content (AvgIpc) is 2.72. The van der Waals surface area contributed by atoms with Crippen LogP contribution < -0.4 is 5.32 Å². The zero-order valence-corrected chi connectivity index (χ0v) is 11.5. The molecule has 0 amide bonds. The van der Waals surface area contributed by atoms with Crippen LogP contribution in [0.4, 0.5) is 8.78 Å². The van der Waals surface area contributed by atoms with Crippen LogP contribution in [0.15, 0.2) is 12.1 Å². The van der Waals surface area contributed by atoms with Gasteiger partial charge in [0.2, 0.25) is 0 Å². The summed E-state index contributed by atoms with van der Waals surface area (Å²) in [5.41, 5.74) is -0.199. The van der Waals surface area contributed by atoms with E-state index in [4.69, 9.17) is 5.26 Å². The summed E-state index contributed by atoms with van der Waals surface area (Å²) in [6, 6.07) is 3.65. The summed E-state index contributed by atoms with van der Waals surface area (Å²) in [7, 11) is -2.94. The maximum Gasteiger partial charge on any atom is 0.150 e. The van der Waals surface area contributed by atoms with E-state index in [9.17, 15) is 17.2 Å². The second-order valence-electron chi connectivity index (χ2n) is 4.93. The van der Waals surface area contributed by atoms with Gasteiger partial charge >= 0.3 is 0 Å². The molecule has 1 aromatic carbocycles. The van der Waals surface area contributed by atoms with E-state index in [2.05, 4.69) is 5.32 Å². The van der Waals surface area contributed by atoms with Crippen LogP contribution in [0.5, 0.6) is 0 Å². The predicted octanol–water partition coefficient (Wildman–Crippen LogP) is 1.36. The first-order valence-electron chi connectivity index (χ1n) is 6.20. The molecule has 7 heteroatoms. The van der Waals surface area contributed by atoms with Crippen LogP contribution in [0.1, 0.15) is 17.5 Å². The Labute approximate surface area is 116 Å². The quantitative estimate of drug-likeness (QED) is 0.911. The number of nitriles is 1. The highest BCUT2D eigenvalue weighted by Crippen LogP contribution is 2.18. The zero-order chi connectivity index (χ0) is 14.8. The number of nitrogens with zero attached hydrogens (tertiary/aromatic N) is 1. The molecule has 0 radical (unpaired) electrons. The van der Waals surface area contributed by atoms with Gasteiger partial charge in [0.25, 0.3) is 0 Å². The van der Waals surface area contributed by atoms with Gasteiger partial charge in [0.15, 0.2) is 9.84 Å². The molecule has 2 rings (SSSR count). The van der Waals surface area contributed by atoms with Crippen LogP contribution in [0.25, 0.3) is 0 Å². The second-order valence-corrected chi connectivity index (χ2v) is 7.16. The van der Waals surface area contributed by atoms with E-state index in [1.54, 1.807) is 6.07 Å². The fraction of sp³-hybridized carbons (Fsp3) is 0.462. The summed E-state index contributed by atoms with van der Waals surface area (Å²) in [6.07, 6.45) is 0.577. The molecule has 4 nitrogen and oxygen atoms in total. The average molecular weight is 300 g/mol. The first-order chi connectivity index (χ1) is 9.41. The lowest BCUT2D eigenvalue weighted by Crippen LogP contribution is -2.24. The molecule has 108 valence electrons. The van der Waals surface area contributed by atoms with Gasteiger partial charge in [-0.2, -0.15) is 5.26 Å². The first kappa shape index (κ1) is 14.9. The number of rotatable bonds is 4. The minimum Gasteiger partial charge on any atom is -0.312 e. The molecule has 0 bridgehead atoms. The van der Waals surface area contributed by atoms with Crippen molar-refractivity contribution in [3.63, 3.8) is 0 Å². The number of halogens is 2. The zero-order valence-electron chi connectivity index (χ0n) is 10.7. The third-order valence-electron chi connectivity index (χ3n) is 3.33. The Morgan fingerprint density at radius 3 is 2.50 bits per heavy atom. The van der Waals surface area contributed by atoms with E-state index in [0.717, 1.165) is 12.1 Å². The van der Waals surface area contributed by atoms with Gasteiger partial charge in [-0.05, 0) is 31.0 Å². The summed E-state index contributed by atoms with van der Waals surface area (Å²) in [5, 5.41) is 11.5. The minimum atomic E-state index is -2.94. The fourth-order valence-electron chi connectivity index (χ4n) is 2.27. The van der Waals surface area contributed by atoms with E-state index in [-0.39, 0.29) is 35.1 Å². The van der Waals surface area contributed by atoms with Crippen LogP contribution in [0.3, 0.4) is 0 Å². The smallest absolute Gasteiger partial charge is 0.150 e. The summed E-state index contributed by atoms with van der Waals surface area (Å²) >= 11 is 0. The standard InChI is InChI=1S/C13H14F2N2O2S/c14-12-3-10(5-16)4-13(15)11(12)7-17-6-9-1-2-20(18,19)8-9/h3-4,9,17H,1-2,6-8H2. The first-order valence-corrected chi connectivity index (χ1v) is 8.02. The molecule has 1 aromatic rings. The Morgan fingerprint density at radius 2 is 2.00 bits per heavy atom. The third kappa shape index (κ3) is 3.52. The van der Waals surface area contributed by atoms with Crippen molar-refractivity contribution >= 4 is 9.84 Å². The fourth-order valence-corrected chi connectivity index (χ4v) is 4.13. The molecule has 0 aromatic heterocycles. The molecular weight excluding hydrogens is 286 g/mol. The van der Waals surface area contributed by atoms with Crippen LogP contribution in [-0.2, 0) is 16.4 Å². The minimum absolute atomic E-state index is 0.00972. The van der Waals surface area contributed by atoms with Gasteiger partial charge in [-0.3, -0.25) is 0 Å². The Balaban J connectivity index is 1.94. The molecule has 0 spiro atoms. The van der Waals surface area contributed by atoms with E-state index in [0.29, 0.717) is 13.0 Å². The van der Waals surface area contributed by atoms with Gasteiger partial charge in [-0.15, -0.1) is 0 Å². The van der Waals surface area contributed by atoms with Crippen molar-refractivity contribution in [3.05, 3.63) is 34.9 Å². The molecule has 1 unspecified atom stereocenters. The monoisotopic (exact) mass is 300 g/mol. The van der Waals surface area contributed by atoms with Crippen molar-refractivity contribution in [2.24, 2.45) is 5.92 Å². The molecule has 1 fully saturated rings. The number of nitrogens with one attached hydrogen (secondary N) is 1. The number of sulfone groups is 1. The van der Waals surface area contributed by atoms with E-state index < -0.39 is 21.5 Å². The van der Waals surface area contributed by atoms with Crippen molar-refractivity contribution in [1.29, 1.82) is 5.26 Å². The van der Waals surface area contributed by atoms with Gasteiger partial charge in [0.1, 0.15) is 11.6 Å². The topological polar surface area (TPSA) is 70.0 Å². The third-order valence-corrected chi connectivity index (χ3v) is 5.17. The highest BCUT2D eigenvalue weighted by molar-refractivity contribution is 7.91. The van der Waals surface area contributed by atoms with Crippen LogP contribution in [0.2, 0.25) is 0 Å². The van der Waals surface area contributed by atoms with E-state index >= 15 is 0 Å². The Kier molecular flexibility index (Phi) is 4.35. The lowest BCUT2D eigenvalue weighted by molar-refractivity contribution is 0.493. The van der Waals surface area contributed by atoms with Crippen molar-refractivity contribution in [2.45, 2.75) is 13.0 Å². The van der Waals surface area contributed by atoms with Crippen molar-refractivity contribution in [1.82, 2.24) is 5.32 Å². The largest absolute Gasteiger partial charge is 0.312 e. The van der Waals surface area contributed by atoms with E-state index in [1.165, 1.54) is 0 Å². The summed E-state index contributed by atoms with van der Waals surface area (Å²) in [4.78, 5) is 0. The maximum atomic E-state index is 13.6. The molecule has 1 saturated heterocycles. The van der Waals surface area contributed by atoms with Crippen molar-refractivity contribution in [2.75, 3.05) is 18.1 Å². The molecule has 1 aliphatic heterocycles. The van der Waals surface area contributed by atoms with Crippen LogP contribution in [-0.4, -0.2) is 26.5 Å². The van der Waals surface area contributed by atoms with Gasteiger partial charge < -0.3 is 5.32 Å². The Bertz CT molecular complexity index is 630. The lowest BCUT2D eigenvalue weighted by Gasteiger charge is -2.11. The highest BCUT2D eigenvalue weighted by atomic mass is 32.2. The van der Waals surface area contributed by atoms with Crippen molar-refractivity contribution < 1.29 is 17.2 Å². The molecule has 1 aliphatic rings.